The van der Waals surface area contributed by atoms with Crippen LogP contribution in [-0.4, -0.2) is 35.3 Å². The molecule has 8 heteroatoms. The molecule has 0 saturated heterocycles. The normalized spacial score (nSPS) is 14.3. The number of rotatable bonds is 8. The van der Waals surface area contributed by atoms with Crippen molar-refractivity contribution in [2.24, 2.45) is 0 Å². The van der Waals surface area contributed by atoms with Crippen molar-refractivity contribution in [3.63, 3.8) is 0 Å². The van der Waals surface area contributed by atoms with E-state index in [-0.39, 0.29) is 24.3 Å². The van der Waals surface area contributed by atoms with Gasteiger partial charge in [-0.3, -0.25) is 24.3 Å². The number of hydrogen-bond donors (Lipinski definition) is 2. The van der Waals surface area contributed by atoms with Gasteiger partial charge in [0, 0.05) is 23.8 Å². The molecular formula is C29H28N4O4. The highest BCUT2D eigenvalue weighted by Gasteiger charge is 2.35. The molecule has 0 spiro atoms. The molecule has 1 aliphatic rings. The number of benzene rings is 2. The van der Waals surface area contributed by atoms with Crippen LogP contribution < -0.4 is 15.5 Å². The molecule has 0 bridgehead atoms. The summed E-state index contributed by atoms with van der Waals surface area (Å²) < 4.78 is 5.15. The van der Waals surface area contributed by atoms with Crippen molar-refractivity contribution in [1.29, 1.82) is 0 Å². The molecule has 2 heterocycles. The highest BCUT2D eigenvalue weighted by atomic mass is 16.3. The summed E-state index contributed by atoms with van der Waals surface area (Å²) in [6.45, 7) is -0.318. The molecule has 8 nitrogen and oxygen atoms in total. The third-order valence-electron chi connectivity index (χ3n) is 6.67. The van der Waals surface area contributed by atoms with Crippen LogP contribution in [0.15, 0.2) is 89.8 Å². The fourth-order valence-corrected chi connectivity index (χ4v) is 4.89. The number of aromatic nitrogens is 1. The zero-order chi connectivity index (χ0) is 25.6. The van der Waals surface area contributed by atoms with E-state index in [1.165, 1.54) is 17.2 Å². The largest absolute Gasteiger partial charge is 0.459 e. The fraction of sp³-hybridized carbons (Fsp3) is 0.241. The Balaban J connectivity index is 1.55. The number of nitrogens with one attached hydrogen (secondary N) is 2. The number of fused-ring (bicyclic) bond motifs is 1. The van der Waals surface area contributed by atoms with E-state index in [0.717, 1.165) is 36.5 Å². The van der Waals surface area contributed by atoms with Gasteiger partial charge in [-0.25, -0.2) is 0 Å². The second-order valence-electron chi connectivity index (χ2n) is 9.10. The van der Waals surface area contributed by atoms with Gasteiger partial charge in [-0.2, -0.15) is 0 Å². The van der Waals surface area contributed by atoms with Crippen molar-refractivity contribution in [3.8, 4) is 0 Å². The summed E-state index contributed by atoms with van der Waals surface area (Å²) in [5.41, 5.74) is 1.21. The lowest BCUT2D eigenvalue weighted by Gasteiger charge is -2.33. The maximum absolute atomic E-state index is 13.9. The Morgan fingerprint density at radius 1 is 0.946 bits per heavy atom. The minimum absolute atomic E-state index is 0.0694. The molecule has 1 atom stereocenters. The minimum Gasteiger partial charge on any atom is -0.459 e. The molecule has 1 fully saturated rings. The van der Waals surface area contributed by atoms with E-state index < -0.39 is 17.9 Å². The molecular weight excluding hydrogens is 468 g/mol. The van der Waals surface area contributed by atoms with Crippen LogP contribution in [0.3, 0.4) is 0 Å². The zero-order valence-electron chi connectivity index (χ0n) is 20.3. The first-order valence-corrected chi connectivity index (χ1v) is 12.4. The van der Waals surface area contributed by atoms with Crippen LogP contribution in [0.2, 0.25) is 0 Å². The minimum atomic E-state index is -0.956. The first kappa shape index (κ1) is 24.2. The topological polar surface area (TPSA) is 105 Å². The lowest BCUT2D eigenvalue weighted by molar-refractivity contribution is -0.126. The predicted molar refractivity (Wildman–Crippen MR) is 140 cm³/mol. The molecule has 1 saturated carbocycles. The Labute approximate surface area is 214 Å². The molecule has 4 aromatic rings. The van der Waals surface area contributed by atoms with Crippen LogP contribution in [0.5, 0.6) is 0 Å². The summed E-state index contributed by atoms with van der Waals surface area (Å²) in [7, 11) is 0. The van der Waals surface area contributed by atoms with Gasteiger partial charge in [-0.15, -0.1) is 0 Å². The van der Waals surface area contributed by atoms with Gasteiger partial charge < -0.3 is 15.1 Å². The first-order chi connectivity index (χ1) is 18.1. The van der Waals surface area contributed by atoms with Crippen molar-refractivity contribution >= 4 is 34.2 Å². The molecule has 5 rings (SSSR count). The molecule has 0 aliphatic heterocycles. The van der Waals surface area contributed by atoms with Crippen LogP contribution in [-0.2, 0) is 9.59 Å². The summed E-state index contributed by atoms with van der Waals surface area (Å²) in [4.78, 5) is 45.9. The van der Waals surface area contributed by atoms with Crippen LogP contribution >= 0.6 is 0 Å². The average molecular weight is 497 g/mol. The summed E-state index contributed by atoms with van der Waals surface area (Å²) in [6.07, 6.45) is 8.56. The quantitative estimate of drug-likeness (QED) is 0.377. The highest BCUT2D eigenvalue weighted by molar-refractivity contribution is 6.09. The highest BCUT2D eigenvalue weighted by Crippen LogP contribution is 2.34. The Hall–Kier alpha value is -4.46. The Morgan fingerprint density at radius 3 is 2.46 bits per heavy atom. The smallest absolute Gasteiger partial charge is 0.287 e. The zero-order valence-corrected chi connectivity index (χ0v) is 20.3. The Morgan fingerprint density at radius 2 is 1.70 bits per heavy atom. The van der Waals surface area contributed by atoms with Crippen molar-refractivity contribution in [3.05, 3.63) is 96.7 Å². The number of hydrogen-bond acceptors (Lipinski definition) is 5. The maximum Gasteiger partial charge on any atom is 0.287 e. The summed E-state index contributed by atoms with van der Waals surface area (Å²) in [5.74, 6) is -1.10. The van der Waals surface area contributed by atoms with Crippen molar-refractivity contribution < 1.29 is 18.8 Å². The number of amides is 3. The molecule has 2 aromatic carbocycles. The fourth-order valence-electron chi connectivity index (χ4n) is 4.89. The van der Waals surface area contributed by atoms with Crippen molar-refractivity contribution in [1.82, 2.24) is 15.6 Å². The van der Waals surface area contributed by atoms with E-state index in [1.807, 2.05) is 42.5 Å². The molecule has 188 valence electrons. The van der Waals surface area contributed by atoms with Gasteiger partial charge in [0.05, 0.1) is 18.5 Å². The number of carbonyl (C=O) groups excluding carboxylic acids is 3. The van der Waals surface area contributed by atoms with Crippen LogP contribution in [0.4, 0.5) is 5.69 Å². The summed E-state index contributed by atoms with van der Waals surface area (Å²) >= 11 is 0. The lowest BCUT2D eigenvalue weighted by Crippen LogP contribution is -2.49. The molecule has 1 aliphatic carbocycles. The molecule has 2 N–H and O–H groups in total. The first-order valence-electron chi connectivity index (χ1n) is 12.4. The second kappa shape index (κ2) is 11.1. The van der Waals surface area contributed by atoms with E-state index in [9.17, 15) is 14.4 Å². The van der Waals surface area contributed by atoms with Gasteiger partial charge in [-0.05, 0) is 54.1 Å². The van der Waals surface area contributed by atoms with Crippen LogP contribution in [0.1, 0.15) is 47.8 Å². The van der Waals surface area contributed by atoms with Gasteiger partial charge in [0.2, 0.25) is 11.8 Å². The lowest BCUT2D eigenvalue weighted by atomic mass is 10.0. The number of pyridine rings is 1. The molecule has 3 amide bonds. The second-order valence-corrected chi connectivity index (χ2v) is 9.10. The molecule has 2 aromatic heterocycles. The Bertz CT molecular complexity index is 1380. The van der Waals surface area contributed by atoms with Gasteiger partial charge >= 0.3 is 0 Å². The van der Waals surface area contributed by atoms with Gasteiger partial charge in [0.25, 0.3) is 5.91 Å². The number of anilines is 1. The third kappa shape index (κ3) is 5.38. The average Bonchev–Trinajstić information content (AvgIpc) is 3.65. The van der Waals surface area contributed by atoms with Crippen LogP contribution in [0.25, 0.3) is 10.8 Å². The SMILES string of the molecule is O=C(NCC(=O)N(c1cccc2ccccc12)[C@@H](C(=O)NC1CCCC1)c1ccncc1)c1ccco1. The van der Waals surface area contributed by atoms with Crippen molar-refractivity contribution in [2.45, 2.75) is 37.8 Å². The number of carbonyl (C=O) groups is 3. The maximum atomic E-state index is 13.9. The van der Waals surface area contributed by atoms with E-state index in [0.29, 0.717) is 11.3 Å². The van der Waals surface area contributed by atoms with E-state index in [4.69, 9.17) is 4.42 Å². The van der Waals surface area contributed by atoms with Gasteiger partial charge in [0.1, 0.15) is 6.04 Å². The molecule has 37 heavy (non-hydrogen) atoms. The van der Waals surface area contributed by atoms with Crippen LogP contribution in [0, 0.1) is 0 Å². The van der Waals surface area contributed by atoms with E-state index >= 15 is 0 Å². The molecule has 0 unspecified atom stereocenters. The molecule has 0 radical (unpaired) electrons. The predicted octanol–water partition coefficient (Wildman–Crippen LogP) is 4.39. The van der Waals surface area contributed by atoms with Gasteiger partial charge in [0.15, 0.2) is 5.76 Å². The van der Waals surface area contributed by atoms with E-state index in [2.05, 4.69) is 15.6 Å². The third-order valence-corrected chi connectivity index (χ3v) is 6.67. The number of furan rings is 1. The monoisotopic (exact) mass is 496 g/mol. The standard InChI is InChI=1S/C29H28N4O4/c34-26(19-31-28(35)25-13-6-18-37-25)33(24-12-5-8-20-7-1-4-11-23(20)24)27(21-14-16-30-17-15-21)29(36)32-22-9-2-3-10-22/h1,4-8,11-18,22,27H,2-3,9-10,19H2,(H,31,35)(H,32,36)/t27-/m1/s1. The summed E-state index contributed by atoms with van der Waals surface area (Å²) in [6, 6.07) is 19.1. The summed E-state index contributed by atoms with van der Waals surface area (Å²) in [5, 5.41) is 7.55. The number of nitrogens with zero attached hydrogens (tertiary/aromatic N) is 2. The van der Waals surface area contributed by atoms with E-state index in [1.54, 1.807) is 30.6 Å². The van der Waals surface area contributed by atoms with Crippen molar-refractivity contribution in [2.75, 3.05) is 11.4 Å². The van der Waals surface area contributed by atoms with Gasteiger partial charge in [-0.1, -0.05) is 49.2 Å². The Kier molecular flexibility index (Phi) is 7.26.